The minimum Gasteiger partial charge on any atom is -0.457 e. The van der Waals surface area contributed by atoms with Gasteiger partial charge in [0.05, 0.1) is 0 Å². The molecule has 5 heteroatoms. The lowest BCUT2D eigenvalue weighted by atomic mass is 9.91. The quantitative estimate of drug-likeness (QED) is 0.358. The summed E-state index contributed by atoms with van der Waals surface area (Å²) in [5.74, 6) is 0.577. The molecule has 0 spiro atoms. The van der Waals surface area contributed by atoms with Crippen molar-refractivity contribution in [2.75, 3.05) is 0 Å². The molecule has 0 radical (unpaired) electrons. The van der Waals surface area contributed by atoms with Crippen molar-refractivity contribution in [2.45, 2.75) is 45.0 Å². The predicted octanol–water partition coefficient (Wildman–Crippen LogP) is 5.84. The number of hydrogen-bond donors (Lipinski definition) is 2. The SMILES string of the molecule is CC[C@H](C(=N)C(=O)OC(C)(C)C)C(S)c1ccc(Oc2ccccc2)cc1. The second-order valence-corrected chi connectivity index (χ2v) is 7.92. The van der Waals surface area contributed by atoms with Gasteiger partial charge in [0.25, 0.3) is 0 Å². The summed E-state index contributed by atoms with van der Waals surface area (Å²) in [5.41, 5.74) is 0.264. The van der Waals surface area contributed by atoms with E-state index in [1.807, 2.05) is 61.5 Å². The van der Waals surface area contributed by atoms with Crippen LogP contribution >= 0.6 is 12.6 Å². The second kappa shape index (κ2) is 9.09. The molecule has 2 rings (SSSR count). The maximum Gasteiger partial charge on any atom is 0.352 e. The van der Waals surface area contributed by atoms with Gasteiger partial charge in [-0.3, -0.25) is 5.41 Å². The first kappa shape index (κ1) is 21.0. The molecule has 0 saturated heterocycles. The van der Waals surface area contributed by atoms with Crippen LogP contribution in [0.4, 0.5) is 0 Å². The molecule has 2 aromatic rings. The monoisotopic (exact) mass is 385 g/mol. The number of carbonyl (C=O) groups is 1. The Bertz CT molecular complexity index is 766. The third-order valence-electron chi connectivity index (χ3n) is 4.01. The summed E-state index contributed by atoms with van der Waals surface area (Å²) >= 11 is 4.68. The number of ether oxygens (including phenoxy) is 2. The van der Waals surface area contributed by atoms with E-state index in [4.69, 9.17) is 14.9 Å². The smallest absolute Gasteiger partial charge is 0.352 e. The maximum absolute atomic E-state index is 12.3. The van der Waals surface area contributed by atoms with Crippen molar-refractivity contribution >= 4 is 24.3 Å². The number of rotatable bonds is 7. The molecule has 0 aliphatic heterocycles. The van der Waals surface area contributed by atoms with Gasteiger partial charge < -0.3 is 9.47 Å². The van der Waals surface area contributed by atoms with Crippen molar-refractivity contribution in [1.82, 2.24) is 0 Å². The number of nitrogens with one attached hydrogen (secondary N) is 1. The third-order valence-corrected chi connectivity index (χ3v) is 4.67. The Balaban J connectivity index is 2.09. The number of thiol groups is 1. The molecule has 4 nitrogen and oxygen atoms in total. The Morgan fingerprint density at radius 2 is 1.59 bits per heavy atom. The topological polar surface area (TPSA) is 59.4 Å². The van der Waals surface area contributed by atoms with Crippen molar-refractivity contribution in [1.29, 1.82) is 5.41 Å². The number of hydrogen-bond acceptors (Lipinski definition) is 5. The maximum atomic E-state index is 12.3. The van der Waals surface area contributed by atoms with Crippen LogP contribution < -0.4 is 4.74 Å². The van der Waals surface area contributed by atoms with E-state index in [1.54, 1.807) is 20.8 Å². The first-order valence-corrected chi connectivity index (χ1v) is 9.55. The lowest BCUT2D eigenvalue weighted by molar-refractivity contribution is -0.146. The Kier molecular flexibility index (Phi) is 7.08. The molecule has 0 aliphatic carbocycles. The van der Waals surface area contributed by atoms with Crippen LogP contribution in [-0.4, -0.2) is 17.3 Å². The first-order chi connectivity index (χ1) is 12.7. The van der Waals surface area contributed by atoms with Crippen LogP contribution in [-0.2, 0) is 9.53 Å². The van der Waals surface area contributed by atoms with Crippen molar-refractivity contribution in [2.24, 2.45) is 5.92 Å². The molecule has 0 fully saturated rings. The zero-order valence-electron chi connectivity index (χ0n) is 16.2. The zero-order chi connectivity index (χ0) is 20.0. The molecule has 1 N–H and O–H groups in total. The largest absolute Gasteiger partial charge is 0.457 e. The molecule has 2 aromatic carbocycles. The summed E-state index contributed by atoms with van der Waals surface area (Å²) in [4.78, 5) is 12.3. The average molecular weight is 386 g/mol. The van der Waals surface area contributed by atoms with Gasteiger partial charge in [0.1, 0.15) is 22.8 Å². The van der Waals surface area contributed by atoms with Crippen LogP contribution in [0.15, 0.2) is 54.6 Å². The summed E-state index contributed by atoms with van der Waals surface area (Å²) in [7, 11) is 0. The third kappa shape index (κ3) is 6.14. The van der Waals surface area contributed by atoms with Crippen LogP contribution in [0, 0.1) is 11.3 Å². The fraction of sp³-hybridized carbons (Fsp3) is 0.364. The normalized spacial score (nSPS) is 13.5. The number of para-hydroxylation sites is 1. The predicted molar refractivity (Wildman–Crippen MR) is 112 cm³/mol. The lowest BCUT2D eigenvalue weighted by Crippen LogP contribution is -2.33. The highest BCUT2D eigenvalue weighted by atomic mass is 32.1. The molecule has 0 amide bonds. The molecule has 27 heavy (non-hydrogen) atoms. The molecular weight excluding hydrogens is 358 g/mol. The Hall–Kier alpha value is -2.27. The summed E-state index contributed by atoms with van der Waals surface area (Å²) in [5, 5.41) is 7.98. The van der Waals surface area contributed by atoms with Gasteiger partial charge in [-0.25, -0.2) is 4.79 Å². The minimum absolute atomic E-state index is 0.0444. The summed E-state index contributed by atoms with van der Waals surface area (Å²) in [6.07, 6.45) is 0.620. The van der Waals surface area contributed by atoms with E-state index in [-0.39, 0.29) is 16.9 Å². The van der Waals surface area contributed by atoms with Crippen LogP contribution in [0.25, 0.3) is 0 Å². The Labute approximate surface area is 166 Å². The van der Waals surface area contributed by atoms with E-state index in [9.17, 15) is 4.79 Å². The molecule has 0 bridgehead atoms. The van der Waals surface area contributed by atoms with Gasteiger partial charge in [0, 0.05) is 11.2 Å². The van der Waals surface area contributed by atoms with Gasteiger partial charge in [-0.05, 0) is 57.0 Å². The number of esters is 1. The number of benzene rings is 2. The molecule has 144 valence electrons. The van der Waals surface area contributed by atoms with Crippen molar-refractivity contribution in [3.63, 3.8) is 0 Å². The van der Waals surface area contributed by atoms with Crippen molar-refractivity contribution in [3.05, 3.63) is 60.2 Å². The Morgan fingerprint density at radius 3 is 2.11 bits per heavy atom. The molecular formula is C22H27NO3S. The molecule has 2 atom stereocenters. The fourth-order valence-electron chi connectivity index (χ4n) is 2.66. The van der Waals surface area contributed by atoms with Crippen LogP contribution in [0.3, 0.4) is 0 Å². The van der Waals surface area contributed by atoms with Crippen molar-refractivity contribution < 1.29 is 14.3 Å². The lowest BCUT2D eigenvalue weighted by Gasteiger charge is -2.25. The van der Waals surface area contributed by atoms with E-state index in [0.717, 1.165) is 17.1 Å². The molecule has 1 unspecified atom stereocenters. The molecule has 0 saturated carbocycles. The minimum atomic E-state index is -0.621. The van der Waals surface area contributed by atoms with E-state index in [2.05, 4.69) is 12.6 Å². The second-order valence-electron chi connectivity index (χ2n) is 7.36. The summed E-state index contributed by atoms with van der Waals surface area (Å²) in [6.45, 7) is 7.33. The van der Waals surface area contributed by atoms with Gasteiger partial charge >= 0.3 is 5.97 Å². The van der Waals surface area contributed by atoms with Gasteiger partial charge in [0.2, 0.25) is 0 Å². The van der Waals surface area contributed by atoms with Gasteiger partial charge in [-0.2, -0.15) is 12.6 Å². The van der Waals surface area contributed by atoms with E-state index in [0.29, 0.717) is 6.42 Å². The fourth-order valence-corrected chi connectivity index (χ4v) is 3.19. The number of carbonyl (C=O) groups excluding carboxylic acids is 1. The van der Waals surface area contributed by atoms with Crippen LogP contribution in [0.1, 0.15) is 44.9 Å². The van der Waals surface area contributed by atoms with E-state index >= 15 is 0 Å². The highest BCUT2D eigenvalue weighted by Crippen LogP contribution is 2.33. The van der Waals surface area contributed by atoms with E-state index in [1.165, 1.54) is 0 Å². The highest BCUT2D eigenvalue weighted by molar-refractivity contribution is 7.80. The summed E-state index contributed by atoms with van der Waals surface area (Å²) in [6, 6.07) is 17.1. The first-order valence-electron chi connectivity index (χ1n) is 9.04. The zero-order valence-corrected chi connectivity index (χ0v) is 17.1. The summed E-state index contributed by atoms with van der Waals surface area (Å²) < 4.78 is 11.1. The van der Waals surface area contributed by atoms with Gasteiger partial charge in [-0.15, -0.1) is 0 Å². The molecule has 0 aliphatic rings. The van der Waals surface area contributed by atoms with E-state index < -0.39 is 11.6 Å². The van der Waals surface area contributed by atoms with Gasteiger partial charge in [0.15, 0.2) is 0 Å². The molecule has 0 aromatic heterocycles. The Morgan fingerprint density at radius 1 is 1.04 bits per heavy atom. The highest BCUT2D eigenvalue weighted by Gasteiger charge is 2.30. The van der Waals surface area contributed by atoms with Crippen LogP contribution in [0.2, 0.25) is 0 Å². The molecule has 0 heterocycles. The van der Waals surface area contributed by atoms with Crippen LogP contribution in [0.5, 0.6) is 11.5 Å². The van der Waals surface area contributed by atoms with Crippen molar-refractivity contribution in [3.8, 4) is 11.5 Å². The average Bonchev–Trinajstić information content (AvgIpc) is 2.62. The van der Waals surface area contributed by atoms with Gasteiger partial charge in [-0.1, -0.05) is 37.3 Å². The standard InChI is InChI=1S/C22H27NO3S/c1-5-18(19(23)21(24)26-22(2,3)4)20(27)15-11-13-17(14-12-15)25-16-9-7-6-8-10-16/h6-14,18,20,23,27H,5H2,1-4H3/t18-,20?/m1/s1.